The van der Waals surface area contributed by atoms with Crippen LogP contribution in [0.2, 0.25) is 0 Å². The van der Waals surface area contributed by atoms with Crippen molar-refractivity contribution >= 4 is 0 Å². The predicted octanol–water partition coefficient (Wildman–Crippen LogP) is 2.92. The fourth-order valence-electron chi connectivity index (χ4n) is 2.46. The zero-order chi connectivity index (χ0) is 14.4. The van der Waals surface area contributed by atoms with E-state index in [0.29, 0.717) is 12.6 Å². The number of hydrogen-bond donors (Lipinski definition) is 1. The topological polar surface area (TPSA) is 39.7 Å². The maximum Gasteiger partial charge on any atom is 0.161 e. The molecular weight excluding hydrogens is 254 g/mol. The second-order valence-corrected chi connectivity index (χ2v) is 5.15. The third-order valence-electron chi connectivity index (χ3n) is 3.61. The Morgan fingerprint density at radius 1 is 1.40 bits per heavy atom. The fourth-order valence-corrected chi connectivity index (χ4v) is 2.46. The molecule has 112 valence electrons. The molecule has 0 radical (unpaired) electrons. The molecule has 0 saturated carbocycles. The van der Waals surface area contributed by atoms with Crippen LogP contribution < -0.4 is 14.8 Å². The van der Waals surface area contributed by atoms with E-state index in [1.165, 1.54) is 5.56 Å². The van der Waals surface area contributed by atoms with Crippen molar-refractivity contribution in [2.75, 3.05) is 26.9 Å². The molecule has 0 bridgehead atoms. The summed E-state index contributed by atoms with van der Waals surface area (Å²) in [5.41, 5.74) is 1.20. The summed E-state index contributed by atoms with van der Waals surface area (Å²) in [5, 5.41) is 3.40. The molecule has 0 aromatic heterocycles. The van der Waals surface area contributed by atoms with Gasteiger partial charge in [0, 0.05) is 12.6 Å². The van der Waals surface area contributed by atoms with Gasteiger partial charge in [-0.15, -0.1) is 0 Å². The van der Waals surface area contributed by atoms with Crippen molar-refractivity contribution in [1.29, 1.82) is 0 Å². The molecule has 4 nitrogen and oxygen atoms in total. The molecule has 2 unspecified atom stereocenters. The zero-order valence-electron chi connectivity index (χ0n) is 12.6. The van der Waals surface area contributed by atoms with Crippen molar-refractivity contribution in [3.8, 4) is 11.5 Å². The summed E-state index contributed by atoms with van der Waals surface area (Å²) in [6.45, 7) is 6.71. The molecule has 4 heteroatoms. The summed E-state index contributed by atoms with van der Waals surface area (Å²) in [4.78, 5) is 0. The molecule has 0 aliphatic carbocycles. The van der Waals surface area contributed by atoms with Crippen molar-refractivity contribution in [2.24, 2.45) is 0 Å². The van der Waals surface area contributed by atoms with E-state index in [2.05, 4.69) is 25.2 Å². The molecule has 1 N–H and O–H groups in total. The largest absolute Gasteiger partial charge is 0.493 e. The van der Waals surface area contributed by atoms with Gasteiger partial charge >= 0.3 is 0 Å². The summed E-state index contributed by atoms with van der Waals surface area (Å²) < 4.78 is 16.9. The van der Waals surface area contributed by atoms with Crippen LogP contribution in [0.1, 0.15) is 38.3 Å². The molecular formula is C16H25NO3. The minimum Gasteiger partial charge on any atom is -0.493 e. The van der Waals surface area contributed by atoms with E-state index in [1.807, 2.05) is 12.1 Å². The third-order valence-corrected chi connectivity index (χ3v) is 3.61. The van der Waals surface area contributed by atoms with Gasteiger partial charge in [0.15, 0.2) is 11.5 Å². The molecule has 1 heterocycles. The monoisotopic (exact) mass is 279 g/mol. The van der Waals surface area contributed by atoms with Gasteiger partial charge in [-0.3, -0.25) is 0 Å². The van der Waals surface area contributed by atoms with E-state index in [9.17, 15) is 0 Å². The third kappa shape index (κ3) is 3.87. The number of rotatable bonds is 6. The van der Waals surface area contributed by atoms with Crippen LogP contribution >= 0.6 is 0 Å². The van der Waals surface area contributed by atoms with Crippen LogP contribution in [-0.4, -0.2) is 33.0 Å². The van der Waals surface area contributed by atoms with Gasteiger partial charge in [0.25, 0.3) is 0 Å². The second-order valence-electron chi connectivity index (χ2n) is 5.15. The van der Waals surface area contributed by atoms with Crippen molar-refractivity contribution in [2.45, 2.75) is 38.8 Å². The molecule has 1 fully saturated rings. The molecule has 1 aromatic rings. The molecule has 1 aliphatic heterocycles. The van der Waals surface area contributed by atoms with Crippen LogP contribution in [0.3, 0.4) is 0 Å². The van der Waals surface area contributed by atoms with Crippen LogP contribution in [0, 0.1) is 0 Å². The van der Waals surface area contributed by atoms with Crippen molar-refractivity contribution < 1.29 is 14.2 Å². The van der Waals surface area contributed by atoms with Gasteiger partial charge in [-0.2, -0.15) is 0 Å². The predicted molar refractivity (Wildman–Crippen MR) is 79.6 cm³/mol. The maximum absolute atomic E-state index is 6.00. The van der Waals surface area contributed by atoms with Crippen LogP contribution in [-0.2, 0) is 4.74 Å². The van der Waals surface area contributed by atoms with Crippen molar-refractivity contribution in [3.63, 3.8) is 0 Å². The van der Waals surface area contributed by atoms with E-state index in [-0.39, 0.29) is 6.10 Å². The molecule has 2 atom stereocenters. The minimum absolute atomic E-state index is 0.134. The lowest BCUT2D eigenvalue weighted by Crippen LogP contribution is -2.28. The van der Waals surface area contributed by atoms with Gasteiger partial charge in [-0.1, -0.05) is 13.0 Å². The smallest absolute Gasteiger partial charge is 0.161 e. The van der Waals surface area contributed by atoms with E-state index in [1.54, 1.807) is 7.11 Å². The summed E-state index contributed by atoms with van der Waals surface area (Å²) in [6, 6.07) is 6.44. The molecule has 0 spiro atoms. The van der Waals surface area contributed by atoms with Gasteiger partial charge in [0.2, 0.25) is 0 Å². The molecule has 0 amide bonds. The average molecular weight is 279 g/mol. The van der Waals surface area contributed by atoms with Crippen LogP contribution in [0.4, 0.5) is 0 Å². The highest BCUT2D eigenvalue weighted by Crippen LogP contribution is 2.32. The Morgan fingerprint density at radius 3 is 2.90 bits per heavy atom. The Hall–Kier alpha value is -1.26. The Balaban J connectivity index is 2.08. The normalized spacial score (nSPS) is 20.4. The average Bonchev–Trinajstić information content (AvgIpc) is 2.49. The Kier molecular flexibility index (Phi) is 5.68. The lowest BCUT2D eigenvalue weighted by Gasteiger charge is -2.24. The second kappa shape index (κ2) is 7.50. The van der Waals surface area contributed by atoms with E-state index < -0.39 is 0 Å². The van der Waals surface area contributed by atoms with Gasteiger partial charge in [0.05, 0.1) is 13.7 Å². The zero-order valence-corrected chi connectivity index (χ0v) is 12.6. The number of ether oxygens (including phenoxy) is 3. The van der Waals surface area contributed by atoms with Crippen LogP contribution in [0.15, 0.2) is 18.2 Å². The lowest BCUT2D eigenvalue weighted by molar-refractivity contribution is 0.00643. The first-order valence-electron chi connectivity index (χ1n) is 7.40. The minimum atomic E-state index is 0.134. The van der Waals surface area contributed by atoms with Crippen LogP contribution in [0.25, 0.3) is 0 Å². The lowest BCUT2D eigenvalue weighted by atomic mass is 10.1. The van der Waals surface area contributed by atoms with Crippen molar-refractivity contribution in [1.82, 2.24) is 5.32 Å². The van der Waals surface area contributed by atoms with E-state index in [4.69, 9.17) is 14.2 Å². The Bertz CT molecular complexity index is 416. The van der Waals surface area contributed by atoms with E-state index in [0.717, 1.165) is 37.5 Å². The SMILES string of the molecule is CCNC(C)c1ccc(OC2CCCOC2)c(OC)c1. The first-order chi connectivity index (χ1) is 9.74. The fraction of sp³-hybridized carbons (Fsp3) is 0.625. The van der Waals surface area contributed by atoms with Gasteiger partial charge in [-0.25, -0.2) is 0 Å². The maximum atomic E-state index is 6.00. The van der Waals surface area contributed by atoms with E-state index >= 15 is 0 Å². The highest BCUT2D eigenvalue weighted by Gasteiger charge is 2.18. The summed E-state index contributed by atoms with van der Waals surface area (Å²) in [5.74, 6) is 1.59. The summed E-state index contributed by atoms with van der Waals surface area (Å²) in [7, 11) is 1.68. The Morgan fingerprint density at radius 2 is 2.25 bits per heavy atom. The molecule has 20 heavy (non-hydrogen) atoms. The Labute approximate surface area is 121 Å². The van der Waals surface area contributed by atoms with Gasteiger partial charge in [0.1, 0.15) is 6.10 Å². The molecule has 1 saturated heterocycles. The van der Waals surface area contributed by atoms with Crippen LogP contribution in [0.5, 0.6) is 11.5 Å². The number of methoxy groups -OCH3 is 1. The molecule has 2 rings (SSSR count). The number of benzene rings is 1. The summed E-state index contributed by atoms with van der Waals surface area (Å²) in [6.07, 6.45) is 2.23. The number of nitrogens with one attached hydrogen (secondary N) is 1. The summed E-state index contributed by atoms with van der Waals surface area (Å²) >= 11 is 0. The molecule has 1 aliphatic rings. The highest BCUT2D eigenvalue weighted by molar-refractivity contribution is 5.44. The standard InChI is InChI=1S/C16H25NO3/c1-4-17-12(2)13-7-8-15(16(10-13)18-3)20-14-6-5-9-19-11-14/h7-8,10,12,14,17H,4-6,9,11H2,1-3H3. The first kappa shape index (κ1) is 15.1. The van der Waals surface area contributed by atoms with Crippen molar-refractivity contribution in [3.05, 3.63) is 23.8 Å². The molecule has 1 aromatic carbocycles. The quantitative estimate of drug-likeness (QED) is 0.869. The number of hydrogen-bond acceptors (Lipinski definition) is 4. The highest BCUT2D eigenvalue weighted by atomic mass is 16.5. The first-order valence-corrected chi connectivity index (χ1v) is 7.40. The van der Waals surface area contributed by atoms with Gasteiger partial charge in [-0.05, 0) is 44.0 Å². The van der Waals surface area contributed by atoms with Gasteiger partial charge < -0.3 is 19.5 Å².